The summed E-state index contributed by atoms with van der Waals surface area (Å²) in [6.45, 7) is 4.93. The molecule has 0 atom stereocenters. The Balaban J connectivity index is 1.37. The second-order valence-electron chi connectivity index (χ2n) is 10.1. The highest BCUT2D eigenvalue weighted by molar-refractivity contribution is 7.90. The molecule has 0 bridgehead atoms. The molecule has 1 heterocycles. The van der Waals surface area contributed by atoms with Crippen LogP contribution >= 0.6 is 0 Å². The van der Waals surface area contributed by atoms with Crippen molar-refractivity contribution in [2.24, 2.45) is 5.14 Å². The van der Waals surface area contributed by atoms with Gasteiger partial charge in [-0.25, -0.2) is 26.7 Å². The fraction of sp³-hybridized carbons (Fsp3) is 0.379. The van der Waals surface area contributed by atoms with Crippen molar-refractivity contribution in [1.29, 1.82) is 0 Å². The summed E-state index contributed by atoms with van der Waals surface area (Å²) in [5.41, 5.74) is 2.56. The smallest absolute Gasteiger partial charge is 0.240 e. The highest BCUT2D eigenvalue weighted by atomic mass is 32.2. The van der Waals surface area contributed by atoms with Crippen LogP contribution in [0, 0.1) is 0 Å². The number of likely N-dealkylation sites (N-methyl/N-ethyl adjacent to an activating group) is 1. The molecule has 0 amide bonds. The van der Waals surface area contributed by atoms with Gasteiger partial charge in [0.15, 0.2) is 0 Å². The third-order valence-electron chi connectivity index (χ3n) is 7.04. The van der Waals surface area contributed by atoms with E-state index < -0.39 is 20.0 Å². The molecule has 3 aromatic rings. The molecular formula is C29H38N4O5S2. The van der Waals surface area contributed by atoms with Gasteiger partial charge in [-0.05, 0) is 61.3 Å². The molecule has 3 N–H and O–H groups in total. The average Bonchev–Trinajstić information content (AvgIpc) is 2.89. The van der Waals surface area contributed by atoms with Crippen LogP contribution < -0.4 is 19.5 Å². The number of benzene rings is 3. The van der Waals surface area contributed by atoms with Gasteiger partial charge >= 0.3 is 0 Å². The number of hydrogen-bond acceptors (Lipinski definition) is 7. The first-order valence-electron chi connectivity index (χ1n) is 13.4. The van der Waals surface area contributed by atoms with Gasteiger partial charge in [-0.3, -0.25) is 4.90 Å². The summed E-state index contributed by atoms with van der Waals surface area (Å²) in [5, 5.41) is 5.52. The van der Waals surface area contributed by atoms with Crippen molar-refractivity contribution in [1.82, 2.24) is 9.62 Å². The lowest BCUT2D eigenvalue weighted by atomic mass is 10.1. The van der Waals surface area contributed by atoms with Crippen LogP contribution in [0.1, 0.15) is 30.9 Å². The molecule has 4 rings (SSSR count). The number of nitrogens with two attached hydrogens (primary N) is 1. The van der Waals surface area contributed by atoms with Crippen molar-refractivity contribution in [3.05, 3.63) is 83.9 Å². The van der Waals surface area contributed by atoms with Crippen molar-refractivity contribution in [3.8, 4) is 5.75 Å². The second-order valence-corrected chi connectivity index (χ2v) is 13.4. The molecule has 40 heavy (non-hydrogen) atoms. The number of nitrogens with zero attached hydrogens (tertiary/aromatic N) is 2. The molecule has 0 aliphatic carbocycles. The van der Waals surface area contributed by atoms with E-state index >= 15 is 0 Å². The van der Waals surface area contributed by atoms with Crippen LogP contribution in [-0.2, 0) is 33.0 Å². The monoisotopic (exact) mass is 586 g/mol. The Morgan fingerprint density at radius 1 is 0.975 bits per heavy atom. The van der Waals surface area contributed by atoms with Gasteiger partial charge < -0.3 is 9.64 Å². The summed E-state index contributed by atoms with van der Waals surface area (Å²) in [7, 11) is -6.07. The van der Waals surface area contributed by atoms with Gasteiger partial charge in [0, 0.05) is 32.2 Å². The van der Waals surface area contributed by atoms with E-state index in [1.807, 2.05) is 54.4 Å². The minimum absolute atomic E-state index is 0.141. The average molecular weight is 587 g/mol. The standard InChI is InChI=1S/C29H38N4O5S2/c1-3-4-18-38-26-12-10-23(11-13-26)16-17-31-40(36,37)27-14-15-28(29(19-27)39(30,34)35)33-21-25(22-33)32(2)20-24-8-6-5-7-9-24/h5-15,19,25,31H,3-4,16-18,20-22H2,1-2H3,(H2,30,34,35). The van der Waals surface area contributed by atoms with Crippen LogP contribution in [0.3, 0.4) is 0 Å². The number of ether oxygens (including phenoxy) is 1. The highest BCUT2D eigenvalue weighted by Gasteiger charge is 2.33. The number of sulfonamides is 2. The first-order chi connectivity index (χ1) is 19.1. The Morgan fingerprint density at radius 2 is 1.68 bits per heavy atom. The quantitative estimate of drug-likeness (QED) is 0.278. The van der Waals surface area contributed by atoms with E-state index in [4.69, 9.17) is 9.88 Å². The fourth-order valence-electron chi connectivity index (χ4n) is 4.58. The van der Waals surface area contributed by atoms with Crippen molar-refractivity contribution >= 4 is 25.7 Å². The Morgan fingerprint density at radius 3 is 2.33 bits per heavy atom. The van der Waals surface area contributed by atoms with E-state index in [1.54, 1.807) is 0 Å². The molecule has 1 aliphatic heterocycles. The second kappa shape index (κ2) is 13.1. The number of unbranched alkanes of at least 4 members (excludes halogenated alkanes) is 1. The topological polar surface area (TPSA) is 122 Å². The van der Waals surface area contributed by atoms with Crippen LogP contribution in [0.4, 0.5) is 5.69 Å². The Kier molecular flexibility index (Phi) is 9.85. The molecule has 0 saturated carbocycles. The van der Waals surface area contributed by atoms with Crippen molar-refractivity contribution in [3.63, 3.8) is 0 Å². The highest BCUT2D eigenvalue weighted by Crippen LogP contribution is 2.32. The molecule has 1 fully saturated rings. The van der Waals surface area contributed by atoms with Crippen molar-refractivity contribution < 1.29 is 21.6 Å². The lowest BCUT2D eigenvalue weighted by Crippen LogP contribution is -2.58. The van der Waals surface area contributed by atoms with E-state index in [1.165, 1.54) is 17.7 Å². The number of rotatable bonds is 14. The van der Waals surface area contributed by atoms with E-state index in [-0.39, 0.29) is 22.4 Å². The van der Waals surface area contributed by atoms with Crippen LogP contribution in [0.25, 0.3) is 0 Å². The number of primary sulfonamides is 1. The minimum Gasteiger partial charge on any atom is -0.494 e. The van der Waals surface area contributed by atoms with Gasteiger partial charge in [-0.2, -0.15) is 0 Å². The predicted molar refractivity (Wildman–Crippen MR) is 157 cm³/mol. The molecule has 11 heteroatoms. The molecule has 0 unspecified atom stereocenters. The van der Waals surface area contributed by atoms with E-state index in [2.05, 4.69) is 28.7 Å². The van der Waals surface area contributed by atoms with Gasteiger partial charge in [0.25, 0.3) is 0 Å². The first kappa shape index (κ1) is 30.0. The number of nitrogens with one attached hydrogen (secondary N) is 1. The third-order valence-corrected chi connectivity index (χ3v) is 9.44. The van der Waals surface area contributed by atoms with Crippen LogP contribution in [0.15, 0.2) is 82.6 Å². The SMILES string of the molecule is CCCCOc1ccc(CCNS(=O)(=O)c2ccc(N3CC(N(C)Cc4ccccc4)C3)c(S(N)(=O)=O)c2)cc1. The third kappa shape index (κ3) is 7.82. The molecule has 9 nitrogen and oxygen atoms in total. The molecule has 3 aromatic carbocycles. The van der Waals surface area contributed by atoms with E-state index in [9.17, 15) is 16.8 Å². The van der Waals surface area contributed by atoms with E-state index in [0.717, 1.165) is 36.8 Å². The molecule has 216 valence electrons. The van der Waals surface area contributed by atoms with E-state index in [0.29, 0.717) is 31.8 Å². The Hall–Kier alpha value is -2.96. The van der Waals surface area contributed by atoms with Crippen LogP contribution in [0.5, 0.6) is 5.75 Å². The summed E-state index contributed by atoms with van der Waals surface area (Å²) in [6, 6.07) is 22.0. The van der Waals surface area contributed by atoms with Gasteiger partial charge in [-0.15, -0.1) is 0 Å². The summed E-state index contributed by atoms with van der Waals surface area (Å²) in [4.78, 5) is 3.79. The maximum Gasteiger partial charge on any atom is 0.240 e. The predicted octanol–water partition coefficient (Wildman–Crippen LogP) is 3.35. The molecule has 1 saturated heterocycles. The van der Waals surface area contributed by atoms with Crippen molar-refractivity contribution in [2.75, 3.05) is 38.2 Å². The molecule has 0 spiro atoms. The normalized spacial score (nSPS) is 14.3. The Labute approximate surface area is 238 Å². The van der Waals surface area contributed by atoms with Gasteiger partial charge in [0.2, 0.25) is 20.0 Å². The summed E-state index contributed by atoms with van der Waals surface area (Å²) in [6.07, 6.45) is 2.52. The number of hydrogen-bond donors (Lipinski definition) is 2. The lowest BCUT2D eigenvalue weighted by molar-refractivity contribution is 0.197. The molecule has 0 radical (unpaired) electrons. The Bertz CT molecular complexity index is 1470. The van der Waals surface area contributed by atoms with Crippen LogP contribution in [-0.4, -0.2) is 61.1 Å². The summed E-state index contributed by atoms with van der Waals surface area (Å²) >= 11 is 0. The lowest BCUT2D eigenvalue weighted by Gasteiger charge is -2.46. The minimum atomic E-state index is -4.16. The largest absolute Gasteiger partial charge is 0.494 e. The number of anilines is 1. The molecule has 1 aliphatic rings. The summed E-state index contributed by atoms with van der Waals surface area (Å²) in [5.74, 6) is 0.782. The van der Waals surface area contributed by atoms with Gasteiger partial charge in [-0.1, -0.05) is 55.8 Å². The van der Waals surface area contributed by atoms with Crippen molar-refractivity contribution in [2.45, 2.75) is 48.6 Å². The maximum atomic E-state index is 13.0. The molecule has 0 aromatic heterocycles. The van der Waals surface area contributed by atoms with Crippen LogP contribution in [0.2, 0.25) is 0 Å². The fourth-order valence-corrected chi connectivity index (χ4v) is 6.49. The zero-order valence-corrected chi connectivity index (χ0v) is 24.6. The zero-order chi connectivity index (χ0) is 28.8. The summed E-state index contributed by atoms with van der Waals surface area (Å²) < 4.78 is 59.1. The maximum absolute atomic E-state index is 13.0. The first-order valence-corrected chi connectivity index (χ1v) is 16.5. The van der Waals surface area contributed by atoms with Gasteiger partial charge in [0.05, 0.1) is 17.2 Å². The zero-order valence-electron chi connectivity index (χ0n) is 23.0. The van der Waals surface area contributed by atoms with Gasteiger partial charge in [0.1, 0.15) is 10.6 Å². The molecular weight excluding hydrogens is 548 g/mol.